The van der Waals surface area contributed by atoms with Gasteiger partial charge in [-0.3, -0.25) is 0 Å². The molecule has 0 saturated heterocycles. The fourth-order valence-electron chi connectivity index (χ4n) is 3.09. The Hall–Kier alpha value is -1.69. The minimum Gasteiger partial charge on any atom is -0.376 e. The second-order valence-electron chi connectivity index (χ2n) is 6.15. The van der Waals surface area contributed by atoms with Gasteiger partial charge in [-0.2, -0.15) is 0 Å². The highest BCUT2D eigenvalue weighted by molar-refractivity contribution is 7.89. The zero-order chi connectivity index (χ0) is 16.5. The van der Waals surface area contributed by atoms with Crippen molar-refractivity contribution in [1.82, 2.24) is 4.72 Å². The Labute approximate surface area is 137 Å². The number of aryl methyl sites for hydroxylation is 1. The van der Waals surface area contributed by atoms with Gasteiger partial charge in [0, 0.05) is 26.5 Å². The van der Waals surface area contributed by atoms with Crippen LogP contribution >= 0.6 is 0 Å². The summed E-state index contributed by atoms with van der Waals surface area (Å²) < 4.78 is 33.4. The average molecular weight is 331 g/mol. The van der Waals surface area contributed by atoms with Crippen LogP contribution in [0.2, 0.25) is 0 Å². The van der Waals surface area contributed by atoms with E-state index in [0.29, 0.717) is 4.90 Å². The minimum atomic E-state index is -3.54. The molecule has 0 aliphatic heterocycles. The first-order chi connectivity index (χ1) is 10.9. The lowest BCUT2D eigenvalue weighted by atomic mass is 10.0. The molecule has 0 bridgehead atoms. The molecule has 0 amide bonds. The van der Waals surface area contributed by atoms with Crippen molar-refractivity contribution < 1.29 is 13.2 Å². The monoisotopic (exact) mass is 331 g/mol. The highest BCUT2D eigenvalue weighted by Gasteiger charge is 2.38. The fourth-order valence-corrected chi connectivity index (χ4v) is 4.31. The van der Waals surface area contributed by atoms with Gasteiger partial charge in [-0.25, -0.2) is 13.1 Å². The van der Waals surface area contributed by atoms with Crippen LogP contribution in [0.5, 0.6) is 0 Å². The number of rotatable bonds is 5. The van der Waals surface area contributed by atoms with Crippen LogP contribution in [0.25, 0.3) is 0 Å². The van der Waals surface area contributed by atoms with E-state index in [1.165, 1.54) is 11.1 Å². The first-order valence-electron chi connectivity index (χ1n) is 7.62. The van der Waals surface area contributed by atoms with Crippen molar-refractivity contribution in [2.75, 3.05) is 13.7 Å². The molecule has 2 aromatic rings. The van der Waals surface area contributed by atoms with Crippen molar-refractivity contribution in [1.29, 1.82) is 0 Å². The average Bonchev–Trinajstić information content (AvgIpc) is 2.92. The lowest BCUT2D eigenvalue weighted by Crippen LogP contribution is -2.45. The lowest BCUT2D eigenvalue weighted by molar-refractivity contribution is 0.00378. The van der Waals surface area contributed by atoms with Gasteiger partial charge < -0.3 is 4.74 Å². The van der Waals surface area contributed by atoms with Crippen molar-refractivity contribution in [3.05, 3.63) is 65.2 Å². The van der Waals surface area contributed by atoms with Crippen LogP contribution in [0.4, 0.5) is 0 Å². The molecule has 1 aliphatic rings. The van der Waals surface area contributed by atoms with E-state index in [9.17, 15) is 8.42 Å². The Morgan fingerprint density at radius 3 is 2.30 bits per heavy atom. The predicted molar refractivity (Wildman–Crippen MR) is 90.0 cm³/mol. The molecule has 122 valence electrons. The first-order valence-corrected chi connectivity index (χ1v) is 9.11. The molecule has 5 heteroatoms. The summed E-state index contributed by atoms with van der Waals surface area (Å²) in [6.45, 7) is 2.14. The molecule has 3 rings (SSSR count). The molecule has 0 fully saturated rings. The Morgan fingerprint density at radius 1 is 1.09 bits per heavy atom. The maximum absolute atomic E-state index is 12.5. The molecule has 0 unspecified atom stereocenters. The van der Waals surface area contributed by atoms with Crippen LogP contribution in [0, 0.1) is 6.92 Å². The Balaban J connectivity index is 1.77. The quantitative estimate of drug-likeness (QED) is 0.916. The van der Waals surface area contributed by atoms with Crippen LogP contribution in [0.1, 0.15) is 16.7 Å². The summed E-state index contributed by atoms with van der Waals surface area (Å²) in [6, 6.07) is 15.1. The number of fused-ring (bicyclic) bond motifs is 1. The zero-order valence-corrected chi connectivity index (χ0v) is 14.2. The summed E-state index contributed by atoms with van der Waals surface area (Å²) in [4.78, 5) is 0.291. The summed E-state index contributed by atoms with van der Waals surface area (Å²) in [6.07, 6.45) is 1.44. The number of nitrogens with one attached hydrogen (secondary N) is 1. The highest BCUT2D eigenvalue weighted by atomic mass is 32.2. The van der Waals surface area contributed by atoms with Crippen molar-refractivity contribution in [2.24, 2.45) is 0 Å². The molecule has 0 spiro atoms. The van der Waals surface area contributed by atoms with E-state index in [2.05, 4.69) is 16.9 Å². The van der Waals surface area contributed by atoms with E-state index < -0.39 is 15.6 Å². The van der Waals surface area contributed by atoms with Gasteiger partial charge in [-0.1, -0.05) is 36.4 Å². The molecular weight excluding hydrogens is 310 g/mol. The first kappa shape index (κ1) is 16.2. The molecule has 0 heterocycles. The van der Waals surface area contributed by atoms with Gasteiger partial charge in [0.15, 0.2) is 0 Å². The van der Waals surface area contributed by atoms with Gasteiger partial charge in [0.1, 0.15) is 0 Å². The number of hydrogen-bond acceptors (Lipinski definition) is 3. The molecule has 0 radical (unpaired) electrons. The number of hydrogen-bond donors (Lipinski definition) is 1. The van der Waals surface area contributed by atoms with E-state index in [-0.39, 0.29) is 6.54 Å². The number of sulfonamides is 1. The van der Waals surface area contributed by atoms with Gasteiger partial charge in [0.05, 0.1) is 10.5 Å². The van der Waals surface area contributed by atoms with E-state index in [1.807, 2.05) is 25.1 Å². The predicted octanol–water partition coefficient (Wildman–Crippen LogP) is 2.46. The fraction of sp³-hybridized carbons (Fsp3) is 0.333. The van der Waals surface area contributed by atoms with Crippen LogP contribution in [0.3, 0.4) is 0 Å². The summed E-state index contributed by atoms with van der Waals surface area (Å²) in [5.41, 5.74) is 2.86. The van der Waals surface area contributed by atoms with Gasteiger partial charge in [0.2, 0.25) is 10.0 Å². The van der Waals surface area contributed by atoms with Crippen LogP contribution < -0.4 is 4.72 Å². The molecule has 1 N–H and O–H groups in total. The third-order valence-corrected chi connectivity index (χ3v) is 5.86. The van der Waals surface area contributed by atoms with Gasteiger partial charge >= 0.3 is 0 Å². The Morgan fingerprint density at radius 2 is 1.74 bits per heavy atom. The molecule has 23 heavy (non-hydrogen) atoms. The zero-order valence-electron chi connectivity index (χ0n) is 13.4. The normalized spacial score (nSPS) is 16.3. The second kappa shape index (κ2) is 6.07. The maximum atomic E-state index is 12.5. The summed E-state index contributed by atoms with van der Waals surface area (Å²) in [5, 5.41) is 0. The maximum Gasteiger partial charge on any atom is 0.240 e. The molecule has 0 atom stereocenters. The van der Waals surface area contributed by atoms with Gasteiger partial charge in [-0.05, 0) is 35.7 Å². The van der Waals surface area contributed by atoms with Gasteiger partial charge in [0.25, 0.3) is 0 Å². The SMILES string of the molecule is COC1(CNS(=O)(=O)c2cccc(C)c2)Cc2ccccc2C1. The van der Waals surface area contributed by atoms with Crippen LogP contribution in [-0.2, 0) is 27.6 Å². The summed E-state index contributed by atoms with van der Waals surface area (Å²) >= 11 is 0. The molecular formula is C18H21NO3S. The molecule has 4 nitrogen and oxygen atoms in total. The summed E-state index contributed by atoms with van der Waals surface area (Å²) in [7, 11) is -1.89. The largest absolute Gasteiger partial charge is 0.376 e. The Kier molecular flexibility index (Phi) is 4.27. The van der Waals surface area contributed by atoms with Crippen LogP contribution in [0.15, 0.2) is 53.4 Å². The van der Waals surface area contributed by atoms with E-state index in [0.717, 1.165) is 18.4 Å². The smallest absolute Gasteiger partial charge is 0.240 e. The third-order valence-electron chi connectivity index (χ3n) is 4.46. The number of ether oxygens (including phenoxy) is 1. The topological polar surface area (TPSA) is 55.4 Å². The molecule has 0 saturated carbocycles. The van der Waals surface area contributed by atoms with Crippen molar-refractivity contribution in [2.45, 2.75) is 30.3 Å². The molecule has 1 aliphatic carbocycles. The number of benzene rings is 2. The molecule has 2 aromatic carbocycles. The summed E-state index contributed by atoms with van der Waals surface area (Å²) in [5.74, 6) is 0. The standard InChI is InChI=1S/C18H21NO3S/c1-14-6-5-9-17(10-14)23(20,21)19-13-18(22-2)11-15-7-3-4-8-16(15)12-18/h3-10,19H,11-13H2,1-2H3. The van der Waals surface area contributed by atoms with E-state index >= 15 is 0 Å². The number of methoxy groups -OCH3 is 1. The molecule has 0 aromatic heterocycles. The Bertz CT molecular complexity index is 790. The van der Waals surface area contributed by atoms with Crippen LogP contribution in [-0.4, -0.2) is 27.7 Å². The van der Waals surface area contributed by atoms with Crippen molar-refractivity contribution in [3.63, 3.8) is 0 Å². The van der Waals surface area contributed by atoms with E-state index in [4.69, 9.17) is 4.74 Å². The van der Waals surface area contributed by atoms with Crippen molar-refractivity contribution >= 4 is 10.0 Å². The minimum absolute atomic E-state index is 0.258. The van der Waals surface area contributed by atoms with Crippen molar-refractivity contribution in [3.8, 4) is 0 Å². The third kappa shape index (κ3) is 3.32. The lowest BCUT2D eigenvalue weighted by Gasteiger charge is -2.27. The second-order valence-corrected chi connectivity index (χ2v) is 7.92. The highest BCUT2D eigenvalue weighted by Crippen LogP contribution is 2.32. The van der Waals surface area contributed by atoms with Gasteiger partial charge in [-0.15, -0.1) is 0 Å². The van der Waals surface area contributed by atoms with E-state index in [1.54, 1.807) is 25.3 Å².